The first kappa shape index (κ1) is 20.7. The molecule has 0 bridgehead atoms. The maximum atomic E-state index is 13.6. The Balaban J connectivity index is 1.63. The molecule has 3 rings (SSSR count). The molecule has 0 saturated heterocycles. The van der Waals surface area contributed by atoms with Crippen LogP contribution in [0.2, 0.25) is 0 Å². The van der Waals surface area contributed by atoms with E-state index in [9.17, 15) is 23.2 Å². The molecule has 0 fully saturated rings. The quantitative estimate of drug-likeness (QED) is 0.602. The number of hydrogen-bond donors (Lipinski definition) is 2. The number of rotatable bonds is 6. The molecular weight excluding hydrogens is 394 g/mol. The van der Waals surface area contributed by atoms with Crippen LogP contribution in [-0.2, 0) is 9.53 Å². The van der Waals surface area contributed by atoms with E-state index in [1.165, 1.54) is 12.1 Å². The lowest BCUT2D eigenvalue weighted by Gasteiger charge is -2.11. The molecule has 0 heterocycles. The lowest BCUT2D eigenvalue weighted by atomic mass is 10.1. The molecule has 0 spiro atoms. The van der Waals surface area contributed by atoms with E-state index in [-0.39, 0.29) is 16.9 Å². The molecule has 152 valence electrons. The van der Waals surface area contributed by atoms with E-state index in [1.807, 2.05) is 0 Å². The van der Waals surface area contributed by atoms with Gasteiger partial charge in [-0.05, 0) is 36.4 Å². The summed E-state index contributed by atoms with van der Waals surface area (Å²) in [6.07, 6.45) is 0. The van der Waals surface area contributed by atoms with Gasteiger partial charge in [-0.1, -0.05) is 30.3 Å². The summed E-state index contributed by atoms with van der Waals surface area (Å²) >= 11 is 0. The van der Waals surface area contributed by atoms with Crippen molar-refractivity contribution in [1.82, 2.24) is 0 Å². The minimum atomic E-state index is -0.955. The fourth-order valence-corrected chi connectivity index (χ4v) is 2.54. The monoisotopic (exact) mass is 410 g/mol. The van der Waals surface area contributed by atoms with E-state index >= 15 is 0 Å². The van der Waals surface area contributed by atoms with Crippen LogP contribution in [0.5, 0.6) is 0 Å². The third-order valence-corrected chi connectivity index (χ3v) is 3.97. The number of nitrogens with one attached hydrogen (secondary N) is 2. The van der Waals surface area contributed by atoms with Gasteiger partial charge in [-0.2, -0.15) is 0 Å². The molecule has 0 aliphatic heterocycles. The first-order valence-electron chi connectivity index (χ1n) is 8.81. The Morgan fingerprint density at radius 3 is 2.23 bits per heavy atom. The summed E-state index contributed by atoms with van der Waals surface area (Å²) in [6.45, 7) is -0.698. The SMILES string of the molecule is O=C(COC(=O)c1ccccc1NC(=O)c1ccccc1)Nc1ccc(F)cc1F. The van der Waals surface area contributed by atoms with Gasteiger partial charge in [0.15, 0.2) is 6.61 Å². The van der Waals surface area contributed by atoms with Gasteiger partial charge in [0.2, 0.25) is 0 Å². The maximum absolute atomic E-state index is 13.6. The third kappa shape index (κ3) is 5.26. The molecule has 0 atom stereocenters. The van der Waals surface area contributed by atoms with Gasteiger partial charge in [-0.15, -0.1) is 0 Å². The highest BCUT2D eigenvalue weighted by Crippen LogP contribution is 2.18. The van der Waals surface area contributed by atoms with Crippen molar-refractivity contribution in [3.05, 3.63) is 95.6 Å². The van der Waals surface area contributed by atoms with Gasteiger partial charge in [0, 0.05) is 11.6 Å². The molecule has 6 nitrogen and oxygen atoms in total. The summed E-state index contributed by atoms with van der Waals surface area (Å²) in [5, 5.41) is 4.81. The predicted octanol–water partition coefficient (Wildman–Crippen LogP) is 4.01. The first-order chi connectivity index (χ1) is 14.4. The summed E-state index contributed by atoms with van der Waals surface area (Å²) in [5.74, 6) is -3.82. The molecule has 0 aliphatic carbocycles. The first-order valence-corrected chi connectivity index (χ1v) is 8.81. The van der Waals surface area contributed by atoms with Crippen molar-refractivity contribution < 1.29 is 27.9 Å². The zero-order valence-corrected chi connectivity index (χ0v) is 15.5. The Morgan fingerprint density at radius 1 is 0.800 bits per heavy atom. The van der Waals surface area contributed by atoms with Crippen LogP contribution in [0, 0.1) is 11.6 Å². The number of carbonyl (C=O) groups excluding carboxylic acids is 3. The number of amides is 2. The Kier molecular flexibility index (Phi) is 6.49. The van der Waals surface area contributed by atoms with Gasteiger partial charge in [-0.3, -0.25) is 9.59 Å². The van der Waals surface area contributed by atoms with E-state index in [4.69, 9.17) is 4.74 Å². The topological polar surface area (TPSA) is 84.5 Å². The molecule has 0 unspecified atom stereocenters. The zero-order valence-electron chi connectivity index (χ0n) is 15.5. The summed E-state index contributed by atoms with van der Waals surface area (Å²) in [7, 11) is 0. The van der Waals surface area contributed by atoms with E-state index < -0.39 is 36.0 Å². The maximum Gasteiger partial charge on any atom is 0.340 e. The fourth-order valence-electron chi connectivity index (χ4n) is 2.54. The van der Waals surface area contributed by atoms with Crippen LogP contribution in [0.4, 0.5) is 20.2 Å². The summed E-state index contributed by atoms with van der Waals surface area (Å²) < 4.78 is 31.5. The van der Waals surface area contributed by atoms with Crippen molar-refractivity contribution >= 4 is 29.2 Å². The molecule has 0 saturated carbocycles. The Morgan fingerprint density at radius 2 is 1.50 bits per heavy atom. The molecule has 2 N–H and O–H groups in total. The Bertz CT molecular complexity index is 1090. The number of hydrogen-bond acceptors (Lipinski definition) is 4. The number of anilines is 2. The van der Waals surface area contributed by atoms with Crippen LogP contribution < -0.4 is 10.6 Å². The lowest BCUT2D eigenvalue weighted by Crippen LogP contribution is -2.22. The van der Waals surface area contributed by atoms with E-state index in [1.54, 1.807) is 42.5 Å². The van der Waals surface area contributed by atoms with Crippen LogP contribution >= 0.6 is 0 Å². The van der Waals surface area contributed by atoms with E-state index in [0.717, 1.165) is 12.1 Å². The minimum absolute atomic E-state index is 0.0440. The Hall–Kier alpha value is -4.07. The van der Waals surface area contributed by atoms with Crippen molar-refractivity contribution in [2.75, 3.05) is 17.2 Å². The summed E-state index contributed by atoms with van der Waals surface area (Å²) in [6, 6.07) is 17.2. The van der Waals surface area contributed by atoms with Gasteiger partial charge >= 0.3 is 5.97 Å². The van der Waals surface area contributed by atoms with Crippen LogP contribution in [0.1, 0.15) is 20.7 Å². The van der Waals surface area contributed by atoms with Crippen LogP contribution in [0.25, 0.3) is 0 Å². The second-order valence-electron chi connectivity index (χ2n) is 6.11. The number of ether oxygens (including phenoxy) is 1. The van der Waals surface area contributed by atoms with Crippen molar-refractivity contribution in [3.8, 4) is 0 Å². The van der Waals surface area contributed by atoms with Gasteiger partial charge in [0.1, 0.15) is 11.6 Å². The molecule has 30 heavy (non-hydrogen) atoms. The van der Waals surface area contributed by atoms with E-state index in [0.29, 0.717) is 11.6 Å². The average Bonchev–Trinajstić information content (AvgIpc) is 2.75. The number of esters is 1. The largest absolute Gasteiger partial charge is 0.452 e. The highest BCUT2D eigenvalue weighted by atomic mass is 19.1. The number of halogens is 2. The highest BCUT2D eigenvalue weighted by molar-refractivity contribution is 6.08. The number of para-hydroxylation sites is 1. The van der Waals surface area contributed by atoms with Crippen LogP contribution in [0.3, 0.4) is 0 Å². The molecule has 2 amide bonds. The smallest absolute Gasteiger partial charge is 0.340 e. The van der Waals surface area contributed by atoms with Crippen LogP contribution in [0.15, 0.2) is 72.8 Å². The molecular formula is C22H16F2N2O4. The third-order valence-electron chi connectivity index (χ3n) is 3.97. The van der Waals surface area contributed by atoms with Crippen LogP contribution in [-0.4, -0.2) is 24.4 Å². The summed E-state index contributed by atoms with van der Waals surface area (Å²) in [4.78, 5) is 36.6. The molecule has 0 radical (unpaired) electrons. The molecule has 0 aliphatic rings. The van der Waals surface area contributed by atoms with Crippen molar-refractivity contribution in [2.45, 2.75) is 0 Å². The second-order valence-corrected chi connectivity index (χ2v) is 6.11. The van der Waals surface area contributed by atoms with Gasteiger partial charge < -0.3 is 15.4 Å². The van der Waals surface area contributed by atoms with Crippen molar-refractivity contribution in [1.29, 1.82) is 0 Å². The summed E-state index contributed by atoms with van der Waals surface area (Å²) in [5.41, 5.74) is 0.415. The number of carbonyl (C=O) groups is 3. The standard InChI is InChI=1S/C22H16F2N2O4/c23-15-10-11-19(17(24)12-15)25-20(27)13-30-22(29)16-8-4-5-9-18(16)26-21(28)14-6-2-1-3-7-14/h1-12H,13H2,(H,25,27)(H,26,28). The normalized spacial score (nSPS) is 10.2. The average molecular weight is 410 g/mol. The van der Waals surface area contributed by atoms with Gasteiger partial charge in [0.05, 0.1) is 16.9 Å². The number of benzene rings is 3. The molecule has 3 aromatic rings. The molecule has 3 aromatic carbocycles. The lowest BCUT2D eigenvalue weighted by molar-refractivity contribution is -0.119. The molecule has 0 aromatic heterocycles. The van der Waals surface area contributed by atoms with Crippen molar-refractivity contribution in [3.63, 3.8) is 0 Å². The van der Waals surface area contributed by atoms with Gasteiger partial charge in [-0.25, -0.2) is 13.6 Å². The fraction of sp³-hybridized carbons (Fsp3) is 0.0455. The highest BCUT2D eigenvalue weighted by Gasteiger charge is 2.17. The molecule has 8 heteroatoms. The Labute approximate surface area is 170 Å². The predicted molar refractivity (Wildman–Crippen MR) is 106 cm³/mol. The van der Waals surface area contributed by atoms with E-state index in [2.05, 4.69) is 10.6 Å². The second kappa shape index (κ2) is 9.42. The minimum Gasteiger partial charge on any atom is -0.452 e. The van der Waals surface area contributed by atoms with Crippen molar-refractivity contribution in [2.24, 2.45) is 0 Å². The zero-order chi connectivity index (χ0) is 21.5. The van der Waals surface area contributed by atoms with Gasteiger partial charge in [0.25, 0.3) is 11.8 Å².